The van der Waals surface area contributed by atoms with E-state index in [1.807, 2.05) is 20.8 Å². The molecule has 0 bridgehead atoms. The summed E-state index contributed by atoms with van der Waals surface area (Å²) in [6.45, 7) is 5.77. The van der Waals surface area contributed by atoms with E-state index in [1.54, 1.807) is 6.07 Å². The number of aryl methyl sites for hydroxylation is 1. The predicted octanol–water partition coefficient (Wildman–Crippen LogP) is 1.05. The highest BCUT2D eigenvalue weighted by Gasteiger charge is 2.17. The minimum atomic E-state index is -1.38. The molecule has 0 aliphatic rings. The monoisotopic (exact) mass is 242 g/mol. The summed E-state index contributed by atoms with van der Waals surface area (Å²) in [7, 11) is -1.38. The summed E-state index contributed by atoms with van der Waals surface area (Å²) in [5, 5.41) is 18.2. The Morgan fingerprint density at radius 2 is 1.69 bits per heavy atom. The van der Waals surface area contributed by atoms with Crippen LogP contribution in [0.15, 0.2) is 10.5 Å². The lowest BCUT2D eigenvalue weighted by molar-refractivity contribution is 0.425. The van der Waals surface area contributed by atoms with Crippen LogP contribution in [-0.4, -0.2) is 17.2 Å². The highest BCUT2D eigenvalue weighted by atomic mass is 79.9. The fraction of sp³-hybridized carbons (Fsp3) is 0.333. The van der Waals surface area contributed by atoms with Crippen LogP contribution in [0.3, 0.4) is 0 Å². The number of rotatable bonds is 1. The molecule has 0 unspecified atom stereocenters. The molecule has 2 N–H and O–H groups in total. The van der Waals surface area contributed by atoms with Gasteiger partial charge in [-0.3, -0.25) is 0 Å². The van der Waals surface area contributed by atoms with Crippen LogP contribution >= 0.6 is 15.9 Å². The SMILES string of the molecule is Cc1cc(B(O)O)c(C)c(C)c1Br. The molecule has 0 aromatic heterocycles. The van der Waals surface area contributed by atoms with E-state index in [4.69, 9.17) is 10.0 Å². The lowest BCUT2D eigenvalue weighted by atomic mass is 9.75. The normalized spacial score (nSPS) is 10.3. The maximum Gasteiger partial charge on any atom is 0.488 e. The fourth-order valence-corrected chi connectivity index (χ4v) is 1.76. The van der Waals surface area contributed by atoms with Gasteiger partial charge >= 0.3 is 7.12 Å². The van der Waals surface area contributed by atoms with E-state index in [1.165, 1.54) is 0 Å². The van der Waals surface area contributed by atoms with Gasteiger partial charge in [0, 0.05) is 4.47 Å². The van der Waals surface area contributed by atoms with Crippen molar-refractivity contribution in [3.8, 4) is 0 Å². The van der Waals surface area contributed by atoms with Crippen molar-refractivity contribution in [1.82, 2.24) is 0 Å². The van der Waals surface area contributed by atoms with Crippen LogP contribution in [-0.2, 0) is 0 Å². The van der Waals surface area contributed by atoms with Crippen molar-refractivity contribution < 1.29 is 10.0 Å². The summed E-state index contributed by atoms with van der Waals surface area (Å²) < 4.78 is 1.04. The average Bonchev–Trinajstić information content (AvgIpc) is 2.07. The van der Waals surface area contributed by atoms with Gasteiger partial charge in [-0.05, 0) is 42.9 Å². The van der Waals surface area contributed by atoms with E-state index in [-0.39, 0.29) is 0 Å². The molecule has 0 saturated heterocycles. The minimum Gasteiger partial charge on any atom is -0.423 e. The maximum atomic E-state index is 9.08. The summed E-state index contributed by atoms with van der Waals surface area (Å²) in [5.41, 5.74) is 3.58. The standard InChI is InChI=1S/C9H12BBrO2/c1-5-4-8(10(12)13)6(2)7(3)9(5)11/h4,12-13H,1-3H3. The second-order valence-electron chi connectivity index (χ2n) is 3.22. The first-order valence-corrected chi connectivity index (χ1v) is 4.86. The summed E-state index contributed by atoms with van der Waals surface area (Å²) in [4.78, 5) is 0. The van der Waals surface area contributed by atoms with Gasteiger partial charge in [0.2, 0.25) is 0 Å². The van der Waals surface area contributed by atoms with Crippen LogP contribution in [0.25, 0.3) is 0 Å². The van der Waals surface area contributed by atoms with Gasteiger partial charge in [-0.25, -0.2) is 0 Å². The minimum absolute atomic E-state index is 0.582. The number of halogens is 1. The molecule has 0 spiro atoms. The molecule has 0 fully saturated rings. The Morgan fingerprint density at radius 3 is 2.15 bits per heavy atom. The Balaban J connectivity index is 3.41. The lowest BCUT2D eigenvalue weighted by Gasteiger charge is -2.12. The first-order valence-electron chi connectivity index (χ1n) is 4.07. The molecular formula is C9H12BBrO2. The van der Waals surface area contributed by atoms with Crippen LogP contribution in [0.5, 0.6) is 0 Å². The van der Waals surface area contributed by atoms with Crippen LogP contribution in [0.2, 0.25) is 0 Å². The Hall–Kier alpha value is -0.315. The van der Waals surface area contributed by atoms with Crippen molar-refractivity contribution in [2.45, 2.75) is 20.8 Å². The highest BCUT2D eigenvalue weighted by Crippen LogP contribution is 2.22. The molecule has 0 aliphatic heterocycles. The molecule has 70 valence electrons. The third kappa shape index (κ3) is 1.95. The highest BCUT2D eigenvalue weighted by molar-refractivity contribution is 9.10. The van der Waals surface area contributed by atoms with Gasteiger partial charge in [0.05, 0.1) is 0 Å². The Morgan fingerprint density at radius 1 is 1.15 bits per heavy atom. The molecule has 2 nitrogen and oxygen atoms in total. The predicted molar refractivity (Wildman–Crippen MR) is 58.2 cm³/mol. The second kappa shape index (κ2) is 3.82. The second-order valence-corrected chi connectivity index (χ2v) is 4.01. The molecule has 0 atom stereocenters. The first-order chi connectivity index (χ1) is 5.95. The van der Waals surface area contributed by atoms with E-state index in [9.17, 15) is 0 Å². The molecular weight excluding hydrogens is 231 g/mol. The molecule has 0 aliphatic carbocycles. The van der Waals surface area contributed by atoms with Crippen LogP contribution < -0.4 is 5.46 Å². The third-order valence-electron chi connectivity index (χ3n) is 2.32. The topological polar surface area (TPSA) is 40.5 Å². The van der Waals surface area contributed by atoms with Crippen molar-refractivity contribution in [2.75, 3.05) is 0 Å². The van der Waals surface area contributed by atoms with E-state index in [0.29, 0.717) is 5.46 Å². The molecule has 0 amide bonds. The zero-order chi connectivity index (χ0) is 10.2. The molecule has 1 aromatic rings. The number of hydrogen-bond acceptors (Lipinski definition) is 2. The lowest BCUT2D eigenvalue weighted by Crippen LogP contribution is -2.33. The average molecular weight is 243 g/mol. The van der Waals surface area contributed by atoms with Gasteiger partial charge in [0.25, 0.3) is 0 Å². The summed E-state index contributed by atoms with van der Waals surface area (Å²) in [6.07, 6.45) is 0. The smallest absolute Gasteiger partial charge is 0.423 e. The Labute approximate surface area is 86.9 Å². The van der Waals surface area contributed by atoms with Gasteiger partial charge in [-0.1, -0.05) is 22.0 Å². The van der Waals surface area contributed by atoms with Crippen LogP contribution in [0.1, 0.15) is 16.7 Å². The van der Waals surface area contributed by atoms with E-state index < -0.39 is 7.12 Å². The van der Waals surface area contributed by atoms with Gasteiger partial charge in [-0.15, -0.1) is 0 Å². The van der Waals surface area contributed by atoms with Crippen LogP contribution in [0.4, 0.5) is 0 Å². The first kappa shape index (κ1) is 10.8. The quantitative estimate of drug-likeness (QED) is 0.723. The number of benzene rings is 1. The van der Waals surface area contributed by atoms with Crippen molar-refractivity contribution >= 4 is 28.5 Å². The summed E-state index contributed by atoms with van der Waals surface area (Å²) >= 11 is 3.45. The summed E-state index contributed by atoms with van der Waals surface area (Å²) in [5.74, 6) is 0. The molecule has 0 heterocycles. The van der Waals surface area contributed by atoms with Gasteiger partial charge in [0.1, 0.15) is 0 Å². The number of hydrogen-bond donors (Lipinski definition) is 2. The molecule has 4 heteroatoms. The van der Waals surface area contributed by atoms with Crippen molar-refractivity contribution in [2.24, 2.45) is 0 Å². The van der Waals surface area contributed by atoms with E-state index >= 15 is 0 Å². The Kier molecular flexibility index (Phi) is 3.16. The van der Waals surface area contributed by atoms with Crippen molar-refractivity contribution in [3.63, 3.8) is 0 Å². The fourth-order valence-electron chi connectivity index (χ4n) is 1.35. The van der Waals surface area contributed by atoms with Crippen molar-refractivity contribution in [3.05, 3.63) is 27.2 Å². The van der Waals surface area contributed by atoms with Gasteiger partial charge < -0.3 is 10.0 Å². The van der Waals surface area contributed by atoms with Gasteiger partial charge in [-0.2, -0.15) is 0 Å². The molecule has 13 heavy (non-hydrogen) atoms. The van der Waals surface area contributed by atoms with Crippen molar-refractivity contribution in [1.29, 1.82) is 0 Å². The largest absolute Gasteiger partial charge is 0.488 e. The molecule has 1 aromatic carbocycles. The van der Waals surface area contributed by atoms with E-state index in [2.05, 4.69) is 15.9 Å². The summed E-state index contributed by atoms with van der Waals surface area (Å²) in [6, 6.07) is 1.79. The van der Waals surface area contributed by atoms with E-state index in [0.717, 1.165) is 21.2 Å². The zero-order valence-electron chi connectivity index (χ0n) is 7.93. The molecule has 0 saturated carbocycles. The molecule has 0 radical (unpaired) electrons. The van der Waals surface area contributed by atoms with Gasteiger partial charge in [0.15, 0.2) is 0 Å². The van der Waals surface area contributed by atoms with Crippen LogP contribution in [0, 0.1) is 20.8 Å². The third-order valence-corrected chi connectivity index (χ3v) is 3.54. The zero-order valence-corrected chi connectivity index (χ0v) is 9.51. The maximum absolute atomic E-state index is 9.08. The Bertz CT molecular complexity index is 337. The molecule has 1 rings (SSSR count).